The van der Waals surface area contributed by atoms with Crippen molar-refractivity contribution in [2.24, 2.45) is 0 Å². The minimum absolute atomic E-state index is 0.142. The van der Waals surface area contributed by atoms with Crippen molar-refractivity contribution in [1.82, 2.24) is 29.5 Å². The SMILES string of the molecule is CC(C)(C)n1ncc2c(=O)[nH]c(N3CCCC(n4cccn4)C3)nc21. The molecule has 1 aliphatic rings. The van der Waals surface area contributed by atoms with Gasteiger partial charge in [0.15, 0.2) is 5.65 Å². The molecule has 0 radical (unpaired) electrons. The molecule has 3 aromatic rings. The Kier molecular flexibility index (Phi) is 3.63. The summed E-state index contributed by atoms with van der Waals surface area (Å²) < 4.78 is 3.80. The van der Waals surface area contributed by atoms with Crippen molar-refractivity contribution in [3.05, 3.63) is 35.0 Å². The highest BCUT2D eigenvalue weighted by Crippen LogP contribution is 2.25. The number of H-pyrrole nitrogens is 1. The Morgan fingerprint density at radius 1 is 1.28 bits per heavy atom. The first-order valence-electron chi connectivity index (χ1n) is 8.66. The molecular formula is C17H23N7O. The summed E-state index contributed by atoms with van der Waals surface area (Å²) in [5.41, 5.74) is 0.253. The molecule has 0 spiro atoms. The smallest absolute Gasteiger partial charge is 0.263 e. The van der Waals surface area contributed by atoms with Gasteiger partial charge in [-0.2, -0.15) is 15.2 Å². The molecule has 0 bridgehead atoms. The summed E-state index contributed by atoms with van der Waals surface area (Å²) >= 11 is 0. The van der Waals surface area contributed by atoms with E-state index in [-0.39, 0.29) is 17.1 Å². The Labute approximate surface area is 145 Å². The van der Waals surface area contributed by atoms with Crippen molar-refractivity contribution >= 4 is 17.0 Å². The van der Waals surface area contributed by atoms with Crippen molar-refractivity contribution < 1.29 is 0 Å². The first-order valence-corrected chi connectivity index (χ1v) is 8.66. The molecule has 0 aromatic carbocycles. The minimum atomic E-state index is -0.237. The van der Waals surface area contributed by atoms with Crippen LogP contribution < -0.4 is 10.5 Å². The van der Waals surface area contributed by atoms with Gasteiger partial charge >= 0.3 is 0 Å². The number of aromatic amines is 1. The van der Waals surface area contributed by atoms with Gasteiger partial charge in [-0.05, 0) is 39.7 Å². The van der Waals surface area contributed by atoms with E-state index < -0.39 is 0 Å². The van der Waals surface area contributed by atoms with E-state index in [1.807, 2.05) is 21.6 Å². The molecule has 0 amide bonds. The first kappa shape index (κ1) is 15.9. The normalized spacial score (nSPS) is 18.8. The van der Waals surface area contributed by atoms with Crippen LogP contribution in [-0.4, -0.2) is 42.6 Å². The second-order valence-electron chi connectivity index (χ2n) is 7.58. The molecule has 4 heterocycles. The van der Waals surface area contributed by atoms with Gasteiger partial charge in [0.1, 0.15) is 5.39 Å². The maximum absolute atomic E-state index is 12.5. The van der Waals surface area contributed by atoms with Crippen LogP contribution in [0.5, 0.6) is 0 Å². The second kappa shape index (κ2) is 5.72. The lowest BCUT2D eigenvalue weighted by Crippen LogP contribution is -2.38. The number of hydrogen-bond acceptors (Lipinski definition) is 5. The van der Waals surface area contributed by atoms with Crippen LogP contribution in [0.1, 0.15) is 39.7 Å². The number of piperidine rings is 1. The van der Waals surface area contributed by atoms with Crippen LogP contribution in [0.2, 0.25) is 0 Å². The van der Waals surface area contributed by atoms with Gasteiger partial charge in [-0.1, -0.05) is 0 Å². The highest BCUT2D eigenvalue weighted by Gasteiger charge is 2.25. The highest BCUT2D eigenvalue weighted by molar-refractivity contribution is 5.74. The third-order valence-corrected chi connectivity index (χ3v) is 4.66. The molecule has 4 rings (SSSR count). The monoisotopic (exact) mass is 341 g/mol. The summed E-state index contributed by atoms with van der Waals surface area (Å²) in [6, 6.07) is 2.23. The molecule has 1 fully saturated rings. The van der Waals surface area contributed by atoms with Gasteiger partial charge in [0.25, 0.3) is 5.56 Å². The fourth-order valence-electron chi connectivity index (χ4n) is 3.41. The quantitative estimate of drug-likeness (QED) is 0.770. The van der Waals surface area contributed by atoms with E-state index in [4.69, 9.17) is 4.98 Å². The fourth-order valence-corrected chi connectivity index (χ4v) is 3.41. The predicted molar refractivity (Wildman–Crippen MR) is 95.9 cm³/mol. The molecule has 25 heavy (non-hydrogen) atoms. The Bertz CT molecular complexity index is 932. The largest absolute Gasteiger partial charge is 0.340 e. The molecule has 132 valence electrons. The van der Waals surface area contributed by atoms with Crippen LogP contribution in [0.4, 0.5) is 5.95 Å². The summed E-state index contributed by atoms with van der Waals surface area (Å²) in [7, 11) is 0. The molecule has 8 heteroatoms. The van der Waals surface area contributed by atoms with Gasteiger partial charge in [-0.3, -0.25) is 14.5 Å². The number of nitrogens with one attached hydrogen (secondary N) is 1. The lowest BCUT2D eigenvalue weighted by molar-refractivity contribution is 0.364. The number of hydrogen-bond donors (Lipinski definition) is 1. The molecule has 3 aromatic heterocycles. The van der Waals surface area contributed by atoms with Crippen LogP contribution in [0, 0.1) is 0 Å². The zero-order valence-corrected chi connectivity index (χ0v) is 14.8. The van der Waals surface area contributed by atoms with Gasteiger partial charge < -0.3 is 4.90 Å². The van der Waals surface area contributed by atoms with Crippen LogP contribution in [0.15, 0.2) is 29.5 Å². The van der Waals surface area contributed by atoms with E-state index in [0.717, 1.165) is 25.9 Å². The van der Waals surface area contributed by atoms with E-state index in [2.05, 4.69) is 40.9 Å². The van der Waals surface area contributed by atoms with Gasteiger partial charge in [0, 0.05) is 25.5 Å². The summed E-state index contributed by atoms with van der Waals surface area (Å²) in [6.07, 6.45) is 7.49. The highest BCUT2D eigenvalue weighted by atomic mass is 16.1. The number of aromatic nitrogens is 6. The lowest BCUT2D eigenvalue weighted by Gasteiger charge is -2.33. The third kappa shape index (κ3) is 2.81. The van der Waals surface area contributed by atoms with E-state index in [9.17, 15) is 4.79 Å². The van der Waals surface area contributed by atoms with Gasteiger partial charge in [-0.15, -0.1) is 0 Å². The summed E-state index contributed by atoms with van der Waals surface area (Å²) in [6.45, 7) is 7.81. The number of anilines is 1. The molecule has 1 saturated heterocycles. The Balaban J connectivity index is 1.72. The standard InChI is InChI=1S/C17H23N7O/c1-17(2,3)24-14-13(10-19-24)15(25)21-16(20-14)22-8-4-6-12(11-22)23-9-5-7-18-23/h5,7,9-10,12H,4,6,8,11H2,1-3H3,(H,20,21,25). The molecule has 0 saturated carbocycles. The minimum Gasteiger partial charge on any atom is -0.340 e. The zero-order valence-electron chi connectivity index (χ0n) is 14.8. The van der Waals surface area contributed by atoms with Crippen LogP contribution in [-0.2, 0) is 5.54 Å². The first-order chi connectivity index (χ1) is 11.9. The maximum Gasteiger partial charge on any atom is 0.263 e. The Morgan fingerprint density at radius 3 is 2.84 bits per heavy atom. The molecule has 1 N–H and O–H groups in total. The third-order valence-electron chi connectivity index (χ3n) is 4.66. The molecule has 1 unspecified atom stereocenters. The van der Waals surface area contributed by atoms with Gasteiger partial charge in [0.05, 0.1) is 17.8 Å². The van der Waals surface area contributed by atoms with E-state index in [1.165, 1.54) is 0 Å². The zero-order chi connectivity index (χ0) is 17.6. The Hall–Kier alpha value is -2.64. The summed E-state index contributed by atoms with van der Waals surface area (Å²) in [4.78, 5) is 22.3. The lowest BCUT2D eigenvalue weighted by atomic mass is 10.1. The van der Waals surface area contributed by atoms with Gasteiger partial charge in [-0.25, -0.2) is 4.68 Å². The molecule has 8 nitrogen and oxygen atoms in total. The van der Waals surface area contributed by atoms with Gasteiger partial charge in [0.2, 0.25) is 5.95 Å². The number of rotatable bonds is 2. The van der Waals surface area contributed by atoms with Crippen molar-refractivity contribution in [3.8, 4) is 0 Å². The van der Waals surface area contributed by atoms with Crippen LogP contribution >= 0.6 is 0 Å². The van der Waals surface area contributed by atoms with Crippen molar-refractivity contribution in [1.29, 1.82) is 0 Å². The maximum atomic E-state index is 12.5. The number of nitrogens with zero attached hydrogens (tertiary/aromatic N) is 6. The fraction of sp³-hybridized carbons (Fsp3) is 0.529. The van der Waals surface area contributed by atoms with Crippen LogP contribution in [0.3, 0.4) is 0 Å². The average Bonchev–Trinajstić information content (AvgIpc) is 3.24. The van der Waals surface area contributed by atoms with Crippen LogP contribution in [0.25, 0.3) is 11.0 Å². The topological polar surface area (TPSA) is 84.6 Å². The Morgan fingerprint density at radius 2 is 2.12 bits per heavy atom. The molecular weight excluding hydrogens is 318 g/mol. The van der Waals surface area contributed by atoms with Crippen molar-refractivity contribution in [3.63, 3.8) is 0 Å². The molecule has 1 atom stereocenters. The summed E-state index contributed by atoms with van der Waals surface area (Å²) in [5.74, 6) is 0.611. The van der Waals surface area contributed by atoms with E-state index in [0.29, 0.717) is 17.0 Å². The van der Waals surface area contributed by atoms with Crippen molar-refractivity contribution in [2.75, 3.05) is 18.0 Å². The predicted octanol–water partition coefficient (Wildman–Crippen LogP) is 1.91. The second-order valence-corrected chi connectivity index (χ2v) is 7.58. The number of fused-ring (bicyclic) bond motifs is 1. The van der Waals surface area contributed by atoms with E-state index >= 15 is 0 Å². The summed E-state index contributed by atoms with van der Waals surface area (Å²) in [5, 5.41) is 9.26. The average molecular weight is 341 g/mol. The molecule has 0 aliphatic carbocycles. The van der Waals surface area contributed by atoms with Crippen molar-refractivity contribution in [2.45, 2.75) is 45.2 Å². The van der Waals surface area contributed by atoms with E-state index in [1.54, 1.807) is 12.4 Å². The molecule has 1 aliphatic heterocycles.